The van der Waals surface area contributed by atoms with Crippen LogP contribution in [0.4, 0.5) is 0 Å². The molecule has 0 atom stereocenters. The molecular formula is C26H31N3O4S. The maximum absolute atomic E-state index is 13.2. The number of aromatic nitrogens is 1. The molecule has 8 heteroatoms. The van der Waals surface area contributed by atoms with Crippen LogP contribution in [0.15, 0.2) is 42.5 Å². The van der Waals surface area contributed by atoms with Gasteiger partial charge in [0.15, 0.2) is 0 Å². The Kier molecular flexibility index (Phi) is 6.72. The van der Waals surface area contributed by atoms with Crippen molar-refractivity contribution in [1.29, 1.82) is 0 Å². The van der Waals surface area contributed by atoms with Crippen LogP contribution in [0.25, 0.3) is 10.9 Å². The molecule has 1 aliphatic heterocycles. The second kappa shape index (κ2) is 9.90. The Bertz CT molecular complexity index is 1290. The number of nitrogens with one attached hydrogen (secondary N) is 2. The van der Waals surface area contributed by atoms with Gasteiger partial charge in [0.1, 0.15) is 0 Å². The molecule has 1 fully saturated rings. The van der Waals surface area contributed by atoms with Crippen molar-refractivity contribution in [2.75, 3.05) is 26.3 Å². The molecule has 0 spiro atoms. The van der Waals surface area contributed by atoms with E-state index in [-0.39, 0.29) is 18.2 Å². The summed E-state index contributed by atoms with van der Waals surface area (Å²) in [5.74, 6) is -0.245. The van der Waals surface area contributed by atoms with Crippen LogP contribution < -0.4 is 5.32 Å². The van der Waals surface area contributed by atoms with Crippen LogP contribution in [-0.2, 0) is 39.9 Å². The van der Waals surface area contributed by atoms with E-state index in [0.29, 0.717) is 37.4 Å². The van der Waals surface area contributed by atoms with Gasteiger partial charge in [0.05, 0.1) is 30.0 Å². The number of hydrogen-bond acceptors (Lipinski definition) is 4. The number of hydrogen-bond donors (Lipinski definition) is 2. The minimum atomic E-state index is -3.45. The lowest BCUT2D eigenvalue weighted by atomic mass is 10.0. The number of nitrogens with zero attached hydrogens (tertiary/aromatic N) is 1. The van der Waals surface area contributed by atoms with Crippen LogP contribution >= 0.6 is 0 Å². The summed E-state index contributed by atoms with van der Waals surface area (Å²) in [6, 6.07) is 13.3. The summed E-state index contributed by atoms with van der Waals surface area (Å²) in [6.07, 6.45) is 5.67. The number of ether oxygens (including phenoxy) is 1. The predicted octanol–water partition coefficient (Wildman–Crippen LogP) is 3.53. The highest BCUT2D eigenvalue weighted by molar-refractivity contribution is 7.88. The molecule has 180 valence electrons. The number of benzene rings is 2. The Morgan fingerprint density at radius 3 is 2.56 bits per heavy atom. The molecule has 34 heavy (non-hydrogen) atoms. The first-order valence-electron chi connectivity index (χ1n) is 12.1. The summed E-state index contributed by atoms with van der Waals surface area (Å²) in [5, 5.41) is 4.16. The Balaban J connectivity index is 1.33. The number of sulfonamides is 1. The number of aryl methyl sites for hydroxylation is 2. The predicted molar refractivity (Wildman–Crippen MR) is 132 cm³/mol. The summed E-state index contributed by atoms with van der Waals surface area (Å²) < 4.78 is 32.6. The topological polar surface area (TPSA) is 91.5 Å². The van der Waals surface area contributed by atoms with E-state index in [9.17, 15) is 13.2 Å². The molecule has 1 saturated heterocycles. The molecule has 2 aliphatic rings. The third-order valence-corrected chi connectivity index (χ3v) is 8.71. The number of carbonyl (C=O) groups is 1. The first kappa shape index (κ1) is 23.1. The number of amides is 1. The zero-order valence-electron chi connectivity index (χ0n) is 19.3. The van der Waals surface area contributed by atoms with Gasteiger partial charge < -0.3 is 15.0 Å². The van der Waals surface area contributed by atoms with Gasteiger partial charge in [0.2, 0.25) is 10.0 Å². The zero-order chi connectivity index (χ0) is 23.5. The van der Waals surface area contributed by atoms with Gasteiger partial charge in [-0.3, -0.25) is 4.79 Å². The molecule has 7 nitrogen and oxygen atoms in total. The molecule has 0 radical (unpaired) electrons. The van der Waals surface area contributed by atoms with Crippen molar-refractivity contribution in [3.05, 3.63) is 70.4 Å². The molecule has 0 bridgehead atoms. The normalized spacial score (nSPS) is 17.3. The van der Waals surface area contributed by atoms with E-state index in [2.05, 4.69) is 16.4 Å². The third-order valence-electron chi connectivity index (χ3n) is 6.89. The van der Waals surface area contributed by atoms with Crippen molar-refractivity contribution < 1.29 is 17.9 Å². The fourth-order valence-electron chi connectivity index (χ4n) is 5.05. The highest BCUT2D eigenvalue weighted by atomic mass is 32.2. The number of H-pyrrole nitrogens is 1. The van der Waals surface area contributed by atoms with Crippen molar-refractivity contribution in [1.82, 2.24) is 14.6 Å². The Hall–Kier alpha value is -2.68. The maximum Gasteiger partial charge on any atom is 0.253 e. The fourth-order valence-corrected chi connectivity index (χ4v) is 6.61. The van der Waals surface area contributed by atoms with Crippen LogP contribution in [0.1, 0.15) is 52.0 Å². The molecule has 0 saturated carbocycles. The second-order valence-electron chi connectivity index (χ2n) is 9.09. The van der Waals surface area contributed by atoms with Crippen LogP contribution in [0.2, 0.25) is 0 Å². The van der Waals surface area contributed by atoms with Crippen LogP contribution in [0.3, 0.4) is 0 Å². The van der Waals surface area contributed by atoms with E-state index in [0.717, 1.165) is 29.3 Å². The monoisotopic (exact) mass is 481 g/mol. The van der Waals surface area contributed by atoms with E-state index < -0.39 is 10.0 Å². The van der Waals surface area contributed by atoms with E-state index in [1.807, 2.05) is 36.4 Å². The maximum atomic E-state index is 13.2. The summed E-state index contributed by atoms with van der Waals surface area (Å²) >= 11 is 0. The minimum absolute atomic E-state index is 0.0853. The molecule has 2 heterocycles. The van der Waals surface area contributed by atoms with Crippen molar-refractivity contribution in [2.45, 2.75) is 44.4 Å². The Labute approximate surface area is 200 Å². The lowest BCUT2D eigenvalue weighted by Gasteiger charge is -2.26. The van der Waals surface area contributed by atoms with E-state index in [1.165, 1.54) is 34.8 Å². The van der Waals surface area contributed by atoms with Crippen molar-refractivity contribution in [2.24, 2.45) is 0 Å². The van der Waals surface area contributed by atoms with Crippen molar-refractivity contribution >= 4 is 26.8 Å². The van der Waals surface area contributed by atoms with Gasteiger partial charge in [-0.2, -0.15) is 4.31 Å². The number of morpholine rings is 1. The number of fused-ring (bicyclic) bond motifs is 3. The van der Waals surface area contributed by atoms with Gasteiger partial charge in [-0.25, -0.2) is 8.42 Å². The fraction of sp³-hybridized carbons (Fsp3) is 0.423. The number of aromatic amines is 1. The van der Waals surface area contributed by atoms with Gasteiger partial charge >= 0.3 is 0 Å². The highest BCUT2D eigenvalue weighted by Gasteiger charge is 2.25. The summed E-state index contributed by atoms with van der Waals surface area (Å²) in [4.78, 5) is 16.7. The quantitative estimate of drug-likeness (QED) is 0.527. The van der Waals surface area contributed by atoms with Crippen LogP contribution in [0.5, 0.6) is 0 Å². The first-order chi connectivity index (χ1) is 16.5. The third kappa shape index (κ3) is 4.76. The standard InChI is InChI=1S/C26H31N3O4S/c30-26(23-11-6-10-22-21-9-2-1-3-12-24(21)28-25(22)23)27-17-19-7-4-5-8-20(19)18-34(31,32)29-13-15-33-16-14-29/h4-8,10-11,28H,1-3,9,12-18H2,(H,27,30). The van der Waals surface area contributed by atoms with Gasteiger partial charge in [0, 0.05) is 30.7 Å². The Morgan fingerprint density at radius 1 is 0.971 bits per heavy atom. The average molecular weight is 482 g/mol. The SMILES string of the molecule is O=C(NCc1ccccc1CS(=O)(=O)N1CCOCC1)c1cccc2c3c([nH]c12)CCCCC3. The highest BCUT2D eigenvalue weighted by Crippen LogP contribution is 2.30. The molecule has 5 rings (SSSR count). The lowest BCUT2D eigenvalue weighted by Crippen LogP contribution is -2.41. The lowest BCUT2D eigenvalue weighted by molar-refractivity contribution is 0.0729. The number of carbonyl (C=O) groups excluding carboxylic acids is 1. The van der Waals surface area contributed by atoms with Crippen molar-refractivity contribution in [3.8, 4) is 0 Å². The first-order valence-corrected chi connectivity index (χ1v) is 13.7. The molecule has 1 aromatic heterocycles. The minimum Gasteiger partial charge on any atom is -0.379 e. The summed E-state index contributed by atoms with van der Waals surface area (Å²) in [7, 11) is -3.45. The Morgan fingerprint density at radius 2 is 1.74 bits per heavy atom. The number of rotatable bonds is 6. The van der Waals surface area contributed by atoms with Gasteiger partial charge in [-0.15, -0.1) is 0 Å². The summed E-state index contributed by atoms with van der Waals surface area (Å²) in [5.41, 5.74) is 5.65. The second-order valence-corrected chi connectivity index (χ2v) is 11.1. The molecular weight excluding hydrogens is 450 g/mol. The van der Waals surface area contributed by atoms with E-state index in [4.69, 9.17) is 4.74 Å². The molecule has 2 N–H and O–H groups in total. The van der Waals surface area contributed by atoms with Crippen LogP contribution in [0, 0.1) is 0 Å². The molecule has 3 aromatic rings. The molecule has 0 unspecified atom stereocenters. The average Bonchev–Trinajstić information content (AvgIpc) is 3.04. The van der Waals surface area contributed by atoms with E-state index >= 15 is 0 Å². The van der Waals surface area contributed by atoms with Crippen LogP contribution in [-0.4, -0.2) is 49.9 Å². The molecule has 1 aliphatic carbocycles. The molecule has 2 aromatic carbocycles. The molecule has 1 amide bonds. The summed E-state index contributed by atoms with van der Waals surface area (Å²) in [6.45, 7) is 1.87. The zero-order valence-corrected chi connectivity index (χ0v) is 20.1. The largest absolute Gasteiger partial charge is 0.379 e. The van der Waals surface area contributed by atoms with Gasteiger partial charge in [-0.05, 0) is 48.4 Å². The smallest absolute Gasteiger partial charge is 0.253 e. The van der Waals surface area contributed by atoms with E-state index in [1.54, 1.807) is 0 Å². The number of para-hydroxylation sites is 1. The van der Waals surface area contributed by atoms with Crippen molar-refractivity contribution in [3.63, 3.8) is 0 Å². The van der Waals surface area contributed by atoms with Gasteiger partial charge in [0.25, 0.3) is 5.91 Å². The van der Waals surface area contributed by atoms with Gasteiger partial charge in [-0.1, -0.05) is 42.8 Å².